The van der Waals surface area contributed by atoms with Crippen molar-refractivity contribution in [3.63, 3.8) is 0 Å². The molecule has 2 aliphatic rings. The smallest absolute Gasteiger partial charge is 0.171 e. The average Bonchev–Trinajstić information content (AvgIpc) is 3.99. The third-order valence-electron chi connectivity index (χ3n) is 14.2. The summed E-state index contributed by atoms with van der Waals surface area (Å²) in [5, 5.41) is 7.03. The lowest BCUT2D eigenvalue weighted by Crippen LogP contribution is -2.31. The van der Waals surface area contributed by atoms with Gasteiger partial charge < -0.3 is 13.7 Å². The van der Waals surface area contributed by atoms with Crippen molar-refractivity contribution in [2.45, 2.75) is 5.41 Å². The Morgan fingerprint density at radius 3 is 1.21 bits per heavy atom. The van der Waals surface area contributed by atoms with Crippen molar-refractivity contribution < 1.29 is 9.13 Å². The summed E-state index contributed by atoms with van der Waals surface area (Å²) in [6.07, 6.45) is 0. The molecule has 2 aliphatic carbocycles. The predicted molar refractivity (Wildman–Crippen MR) is 276 cm³/mol. The van der Waals surface area contributed by atoms with Crippen LogP contribution in [-0.4, -0.2) is 4.57 Å². The van der Waals surface area contributed by atoms with Crippen molar-refractivity contribution in [1.82, 2.24) is 4.57 Å². The van der Waals surface area contributed by atoms with Crippen LogP contribution in [-0.2, 0) is 14.5 Å². The number of rotatable bonds is 7. The maximum absolute atomic E-state index is 16.3. The van der Waals surface area contributed by atoms with E-state index >= 15 is 9.13 Å². The Labute approximate surface area is 384 Å². The highest BCUT2D eigenvalue weighted by atomic mass is 31.2. The number of fused-ring (bicyclic) bond motifs is 13. The zero-order chi connectivity index (χ0) is 44.0. The summed E-state index contributed by atoms with van der Waals surface area (Å²) in [7, 11) is -6.79. The van der Waals surface area contributed by atoms with E-state index in [-0.39, 0.29) is 0 Å². The first kappa shape index (κ1) is 38.9. The number of benzene rings is 10. The van der Waals surface area contributed by atoms with Crippen LogP contribution in [0, 0.1) is 0 Å². The van der Waals surface area contributed by atoms with Crippen molar-refractivity contribution in [2.24, 2.45) is 0 Å². The van der Waals surface area contributed by atoms with Crippen LogP contribution < -0.4 is 31.8 Å². The molecule has 3 nitrogen and oxygen atoms in total. The quantitative estimate of drug-likeness (QED) is 0.150. The van der Waals surface area contributed by atoms with E-state index < -0.39 is 19.7 Å². The SMILES string of the molecule is O=P(c1ccccc1)(c1ccccc1)c1ccc2c(c1)C1(c3ccccc3-c3cc4c(cc31)c1ccccc1n4-c1ccccc1)c1cc(P(=O)(c3ccccc3)c3ccccc3)ccc1-2. The second-order valence-corrected chi connectivity index (χ2v) is 23.0. The van der Waals surface area contributed by atoms with Crippen LogP contribution in [0.2, 0.25) is 0 Å². The van der Waals surface area contributed by atoms with Gasteiger partial charge in [0.15, 0.2) is 14.3 Å². The summed E-state index contributed by atoms with van der Waals surface area (Å²) < 4.78 is 35.0. The Kier molecular flexibility index (Phi) is 8.69. The largest absolute Gasteiger partial charge is 0.309 e. The van der Waals surface area contributed by atoms with Crippen molar-refractivity contribution in [3.05, 3.63) is 271 Å². The second kappa shape index (κ2) is 14.7. The van der Waals surface area contributed by atoms with Crippen molar-refractivity contribution in [2.75, 3.05) is 0 Å². The maximum Gasteiger partial charge on any atom is 0.171 e. The molecule has 312 valence electrons. The fourth-order valence-corrected chi connectivity index (χ4v) is 16.7. The monoisotopic (exact) mass is 881 g/mol. The Morgan fingerprint density at radius 1 is 0.288 bits per heavy atom. The van der Waals surface area contributed by atoms with Crippen LogP contribution in [0.15, 0.2) is 249 Å². The Bertz CT molecular complexity index is 3580. The van der Waals surface area contributed by atoms with Gasteiger partial charge in [-0.05, 0) is 87.0 Å². The molecule has 5 heteroatoms. The van der Waals surface area contributed by atoms with Crippen molar-refractivity contribution in [3.8, 4) is 27.9 Å². The lowest BCUT2D eigenvalue weighted by atomic mass is 9.70. The van der Waals surface area contributed by atoms with E-state index in [2.05, 4.69) is 132 Å². The summed E-state index contributed by atoms with van der Waals surface area (Å²) in [6.45, 7) is 0. The number of nitrogens with zero attached hydrogens (tertiary/aromatic N) is 1. The van der Waals surface area contributed by atoms with Gasteiger partial charge in [-0.2, -0.15) is 0 Å². The average molecular weight is 882 g/mol. The molecule has 0 amide bonds. The number of para-hydroxylation sites is 2. The predicted octanol–water partition coefficient (Wildman–Crippen LogP) is 12.4. The molecule has 0 atom stereocenters. The van der Waals surface area contributed by atoms with E-state index in [9.17, 15) is 0 Å². The third kappa shape index (κ3) is 5.33. The minimum Gasteiger partial charge on any atom is -0.309 e. The first-order valence-electron chi connectivity index (χ1n) is 22.5. The minimum absolute atomic E-state index is 0.776. The Balaban J connectivity index is 1.17. The molecule has 0 fully saturated rings. The molecule has 0 unspecified atom stereocenters. The van der Waals surface area contributed by atoms with Gasteiger partial charge in [-0.3, -0.25) is 0 Å². The first-order valence-corrected chi connectivity index (χ1v) is 25.9. The molecule has 66 heavy (non-hydrogen) atoms. The van der Waals surface area contributed by atoms with Crippen LogP contribution >= 0.6 is 14.3 Å². The van der Waals surface area contributed by atoms with Crippen molar-refractivity contribution >= 4 is 67.9 Å². The van der Waals surface area contributed by atoms with Crippen molar-refractivity contribution in [1.29, 1.82) is 0 Å². The van der Waals surface area contributed by atoms with Crippen LogP contribution in [0.4, 0.5) is 0 Å². The van der Waals surface area contributed by atoms with Gasteiger partial charge in [0, 0.05) is 48.3 Å². The van der Waals surface area contributed by atoms with E-state index in [0.717, 1.165) is 98.4 Å². The highest BCUT2D eigenvalue weighted by molar-refractivity contribution is 7.85. The number of hydrogen-bond donors (Lipinski definition) is 0. The standard InChI is InChI=1S/C61H41NO2P2/c63-65(43-22-8-2-9-23-43,44-24-10-3-11-25-44)47-34-36-50-51-37-35-48(66(64,45-26-12-4-13-27-45)46-28-14-5-15-29-46)39-57(51)61(56(50)38-47)55-32-18-16-30-49(55)53-41-60-54(40-58(53)61)52-31-17-19-33-59(52)62(60)42-20-6-1-7-21-42/h1-41H. The zero-order valence-electron chi connectivity index (χ0n) is 35.8. The van der Waals surface area contributed by atoms with Gasteiger partial charge in [0.2, 0.25) is 0 Å². The topological polar surface area (TPSA) is 39.1 Å². The van der Waals surface area contributed by atoms with E-state index in [1.54, 1.807) is 0 Å². The summed E-state index contributed by atoms with van der Waals surface area (Å²) in [6, 6.07) is 85.9. The molecule has 0 aliphatic heterocycles. The third-order valence-corrected chi connectivity index (χ3v) is 20.3. The van der Waals surface area contributed by atoms with E-state index in [1.807, 2.05) is 121 Å². The number of hydrogen-bond acceptors (Lipinski definition) is 2. The Hall–Kier alpha value is -7.54. The molecule has 0 bridgehead atoms. The molecule has 11 aromatic rings. The summed E-state index contributed by atoms with van der Waals surface area (Å²) >= 11 is 0. The molecule has 1 heterocycles. The summed E-state index contributed by atoms with van der Waals surface area (Å²) in [4.78, 5) is 0. The highest BCUT2D eigenvalue weighted by Gasteiger charge is 2.53. The summed E-state index contributed by atoms with van der Waals surface area (Å²) in [5.41, 5.74) is 11.4. The molecule has 1 spiro atoms. The molecule has 1 aromatic heterocycles. The molecule has 10 aromatic carbocycles. The molecule has 13 rings (SSSR count). The molecule has 0 N–H and O–H groups in total. The maximum atomic E-state index is 16.3. The molecule has 0 radical (unpaired) electrons. The van der Waals surface area contributed by atoms with Gasteiger partial charge in [0.05, 0.1) is 16.4 Å². The van der Waals surface area contributed by atoms with Gasteiger partial charge >= 0.3 is 0 Å². The minimum atomic E-state index is -3.40. The van der Waals surface area contributed by atoms with Gasteiger partial charge in [0.1, 0.15) is 0 Å². The van der Waals surface area contributed by atoms with Gasteiger partial charge in [-0.1, -0.05) is 206 Å². The van der Waals surface area contributed by atoms with E-state index in [0.29, 0.717) is 0 Å². The van der Waals surface area contributed by atoms with E-state index in [1.165, 1.54) is 5.39 Å². The van der Waals surface area contributed by atoms with Crippen LogP contribution in [0.1, 0.15) is 22.3 Å². The molecular formula is C61H41NO2P2. The van der Waals surface area contributed by atoms with Crippen LogP contribution in [0.5, 0.6) is 0 Å². The van der Waals surface area contributed by atoms with Crippen LogP contribution in [0.25, 0.3) is 49.7 Å². The zero-order valence-corrected chi connectivity index (χ0v) is 37.6. The first-order chi connectivity index (χ1) is 32.5. The highest BCUT2D eigenvalue weighted by Crippen LogP contribution is 2.64. The number of aromatic nitrogens is 1. The van der Waals surface area contributed by atoms with Gasteiger partial charge in [-0.15, -0.1) is 0 Å². The molecule has 0 saturated carbocycles. The lowest BCUT2D eigenvalue weighted by molar-refractivity contribution is 0.591. The normalized spacial score (nSPS) is 13.4. The van der Waals surface area contributed by atoms with Gasteiger partial charge in [0.25, 0.3) is 0 Å². The van der Waals surface area contributed by atoms with E-state index in [4.69, 9.17) is 0 Å². The second-order valence-electron chi connectivity index (χ2n) is 17.4. The lowest BCUT2D eigenvalue weighted by Gasteiger charge is -2.32. The Morgan fingerprint density at radius 2 is 0.697 bits per heavy atom. The fourth-order valence-electron chi connectivity index (χ4n) is 11.3. The van der Waals surface area contributed by atoms with Gasteiger partial charge in [-0.25, -0.2) is 0 Å². The summed E-state index contributed by atoms with van der Waals surface area (Å²) in [5.74, 6) is 0. The molecule has 0 saturated heterocycles. The molecular weight excluding hydrogens is 841 g/mol. The fraction of sp³-hybridized carbons (Fsp3) is 0.0164. The van der Waals surface area contributed by atoms with Crippen LogP contribution in [0.3, 0.4) is 0 Å².